The Morgan fingerprint density at radius 1 is 1.08 bits per heavy atom. The van der Waals surface area contributed by atoms with Crippen LogP contribution in [0, 0.1) is 5.92 Å². The van der Waals surface area contributed by atoms with E-state index >= 15 is 0 Å². The molecule has 1 aromatic carbocycles. The van der Waals surface area contributed by atoms with E-state index in [9.17, 15) is 9.59 Å². The van der Waals surface area contributed by atoms with E-state index in [1.54, 1.807) is 38.5 Å². The first-order chi connectivity index (χ1) is 12.5. The molecule has 0 heterocycles. The Morgan fingerprint density at radius 3 is 2.27 bits per heavy atom. The molecule has 2 N–H and O–H groups in total. The molecule has 0 aliphatic heterocycles. The van der Waals surface area contributed by atoms with Crippen molar-refractivity contribution in [2.75, 3.05) is 58.9 Å². The highest BCUT2D eigenvalue weighted by Gasteiger charge is 2.15. The number of rotatable bonds is 12. The van der Waals surface area contributed by atoms with Crippen molar-refractivity contribution in [2.45, 2.75) is 13.8 Å². The number of nitrogens with zero attached hydrogens (tertiary/aromatic N) is 1. The van der Waals surface area contributed by atoms with Gasteiger partial charge in [-0.25, -0.2) is 0 Å². The average Bonchev–Trinajstić information content (AvgIpc) is 2.62. The molecule has 0 radical (unpaired) electrons. The number of carbonyl (C=O) groups is 2. The van der Waals surface area contributed by atoms with Crippen molar-refractivity contribution in [3.63, 3.8) is 0 Å². The number of nitrogens with one attached hydrogen (secondary N) is 2. The molecule has 0 aliphatic rings. The highest BCUT2D eigenvalue weighted by atomic mass is 16.5. The molecule has 0 aromatic heterocycles. The van der Waals surface area contributed by atoms with E-state index in [4.69, 9.17) is 9.47 Å². The van der Waals surface area contributed by atoms with Crippen LogP contribution in [0.2, 0.25) is 0 Å². The summed E-state index contributed by atoms with van der Waals surface area (Å²) in [4.78, 5) is 26.7. The summed E-state index contributed by atoms with van der Waals surface area (Å²) in [6.07, 6.45) is 0. The number of hydrogen-bond acceptors (Lipinski definition) is 5. The van der Waals surface area contributed by atoms with Gasteiger partial charge in [0.15, 0.2) is 0 Å². The van der Waals surface area contributed by atoms with Crippen molar-refractivity contribution in [3.8, 4) is 0 Å². The van der Waals surface area contributed by atoms with Gasteiger partial charge in [-0.2, -0.15) is 0 Å². The van der Waals surface area contributed by atoms with E-state index in [2.05, 4.69) is 10.6 Å². The van der Waals surface area contributed by atoms with E-state index in [1.165, 1.54) is 0 Å². The van der Waals surface area contributed by atoms with Gasteiger partial charge < -0.3 is 20.1 Å². The molecule has 0 spiro atoms. The fraction of sp³-hybridized carbons (Fsp3) is 0.579. The summed E-state index contributed by atoms with van der Waals surface area (Å²) in [6, 6.07) is 7.02. The zero-order valence-corrected chi connectivity index (χ0v) is 16.2. The highest BCUT2D eigenvalue weighted by Crippen LogP contribution is 2.15. The predicted octanol–water partition coefficient (Wildman–Crippen LogP) is 1.61. The SMILES string of the molecule is COCCN(CCOC)CC(=O)Nc1ccccc1C(=O)NCC(C)C. The number of carbonyl (C=O) groups excluding carboxylic acids is 2. The molecule has 0 fully saturated rings. The molecular weight excluding hydrogens is 334 g/mol. The Bertz CT molecular complexity index is 555. The monoisotopic (exact) mass is 365 g/mol. The van der Waals surface area contributed by atoms with Crippen LogP contribution < -0.4 is 10.6 Å². The number of amides is 2. The largest absolute Gasteiger partial charge is 0.383 e. The molecule has 26 heavy (non-hydrogen) atoms. The van der Waals surface area contributed by atoms with Gasteiger partial charge in [-0.15, -0.1) is 0 Å². The quantitative estimate of drug-likeness (QED) is 0.588. The molecule has 0 unspecified atom stereocenters. The zero-order valence-electron chi connectivity index (χ0n) is 16.2. The summed E-state index contributed by atoms with van der Waals surface area (Å²) in [7, 11) is 3.25. The molecule has 7 nitrogen and oxygen atoms in total. The maximum absolute atomic E-state index is 12.4. The summed E-state index contributed by atoms with van der Waals surface area (Å²) >= 11 is 0. The van der Waals surface area contributed by atoms with Gasteiger partial charge in [0.1, 0.15) is 0 Å². The molecule has 1 rings (SSSR count). The zero-order chi connectivity index (χ0) is 19.4. The molecule has 0 aliphatic carbocycles. The van der Waals surface area contributed by atoms with E-state index < -0.39 is 0 Å². The number of anilines is 1. The van der Waals surface area contributed by atoms with Crippen LogP contribution in [-0.4, -0.2) is 70.3 Å². The van der Waals surface area contributed by atoms with Gasteiger partial charge in [0, 0.05) is 33.9 Å². The van der Waals surface area contributed by atoms with Gasteiger partial charge >= 0.3 is 0 Å². The normalized spacial score (nSPS) is 11.0. The molecule has 1 aromatic rings. The summed E-state index contributed by atoms with van der Waals surface area (Å²) in [5.74, 6) is -0.0117. The van der Waals surface area contributed by atoms with E-state index in [0.717, 1.165) is 0 Å². The summed E-state index contributed by atoms with van der Waals surface area (Å²) in [5, 5.41) is 5.71. The summed E-state index contributed by atoms with van der Waals surface area (Å²) < 4.78 is 10.2. The van der Waals surface area contributed by atoms with Crippen LogP contribution in [0.3, 0.4) is 0 Å². The molecular formula is C19H31N3O4. The second-order valence-corrected chi connectivity index (χ2v) is 6.46. The Labute approximate surface area is 156 Å². The van der Waals surface area contributed by atoms with Gasteiger partial charge in [-0.1, -0.05) is 26.0 Å². The lowest BCUT2D eigenvalue weighted by atomic mass is 10.1. The predicted molar refractivity (Wildman–Crippen MR) is 102 cm³/mol. The van der Waals surface area contributed by atoms with Crippen molar-refractivity contribution >= 4 is 17.5 Å². The van der Waals surface area contributed by atoms with E-state index in [0.29, 0.717) is 50.0 Å². The molecule has 2 amide bonds. The smallest absolute Gasteiger partial charge is 0.253 e. The third kappa shape index (κ3) is 8.42. The molecule has 0 atom stereocenters. The first kappa shape index (κ1) is 22.1. The van der Waals surface area contributed by atoms with Crippen LogP contribution in [-0.2, 0) is 14.3 Å². The van der Waals surface area contributed by atoms with Crippen molar-refractivity contribution in [3.05, 3.63) is 29.8 Å². The second kappa shape index (κ2) is 12.4. The number of methoxy groups -OCH3 is 2. The van der Waals surface area contributed by atoms with E-state index in [-0.39, 0.29) is 18.4 Å². The Balaban J connectivity index is 2.71. The Hall–Kier alpha value is -1.96. The molecule has 0 bridgehead atoms. The molecule has 0 saturated heterocycles. The van der Waals surface area contributed by atoms with Crippen molar-refractivity contribution < 1.29 is 19.1 Å². The van der Waals surface area contributed by atoms with Gasteiger partial charge in [-0.05, 0) is 18.1 Å². The number of hydrogen-bond donors (Lipinski definition) is 2. The minimum absolute atomic E-state index is 0.179. The average molecular weight is 365 g/mol. The number of para-hydroxylation sites is 1. The lowest BCUT2D eigenvalue weighted by molar-refractivity contribution is -0.117. The summed E-state index contributed by atoms with van der Waals surface area (Å²) in [6.45, 7) is 7.17. The number of ether oxygens (including phenoxy) is 2. The topological polar surface area (TPSA) is 79.9 Å². The minimum atomic E-state index is -0.190. The fourth-order valence-corrected chi connectivity index (χ4v) is 2.29. The van der Waals surface area contributed by atoms with Crippen molar-refractivity contribution in [1.82, 2.24) is 10.2 Å². The van der Waals surface area contributed by atoms with Gasteiger partial charge in [-0.3, -0.25) is 14.5 Å². The van der Waals surface area contributed by atoms with Crippen LogP contribution in [0.15, 0.2) is 24.3 Å². The van der Waals surface area contributed by atoms with Crippen LogP contribution in [0.4, 0.5) is 5.69 Å². The molecule has 7 heteroatoms. The van der Waals surface area contributed by atoms with Crippen molar-refractivity contribution in [2.24, 2.45) is 5.92 Å². The fourth-order valence-electron chi connectivity index (χ4n) is 2.29. The van der Waals surface area contributed by atoms with Crippen LogP contribution in [0.1, 0.15) is 24.2 Å². The number of benzene rings is 1. The van der Waals surface area contributed by atoms with Crippen molar-refractivity contribution in [1.29, 1.82) is 0 Å². The maximum atomic E-state index is 12.4. The Kier molecular flexibility index (Phi) is 10.5. The van der Waals surface area contributed by atoms with Crippen LogP contribution in [0.25, 0.3) is 0 Å². The van der Waals surface area contributed by atoms with E-state index in [1.807, 2.05) is 18.7 Å². The van der Waals surface area contributed by atoms with Gasteiger partial charge in [0.25, 0.3) is 5.91 Å². The lowest BCUT2D eigenvalue weighted by Gasteiger charge is -2.21. The second-order valence-electron chi connectivity index (χ2n) is 6.46. The van der Waals surface area contributed by atoms with Crippen LogP contribution >= 0.6 is 0 Å². The lowest BCUT2D eigenvalue weighted by Crippen LogP contribution is -2.38. The standard InChI is InChI=1S/C19H31N3O4/c1-15(2)13-20-19(24)16-7-5-6-8-17(16)21-18(23)14-22(9-11-25-3)10-12-26-4/h5-8,15H,9-14H2,1-4H3,(H,20,24)(H,21,23). The molecule has 146 valence electrons. The summed E-state index contributed by atoms with van der Waals surface area (Å²) in [5.41, 5.74) is 0.971. The highest BCUT2D eigenvalue weighted by molar-refractivity contribution is 6.04. The maximum Gasteiger partial charge on any atom is 0.253 e. The first-order valence-corrected chi connectivity index (χ1v) is 8.85. The Morgan fingerprint density at radius 2 is 1.69 bits per heavy atom. The minimum Gasteiger partial charge on any atom is -0.383 e. The molecule has 0 saturated carbocycles. The first-order valence-electron chi connectivity index (χ1n) is 8.85. The van der Waals surface area contributed by atoms with Gasteiger partial charge in [0.2, 0.25) is 5.91 Å². The van der Waals surface area contributed by atoms with Crippen LogP contribution in [0.5, 0.6) is 0 Å². The third-order valence-corrected chi connectivity index (χ3v) is 3.71. The third-order valence-electron chi connectivity index (χ3n) is 3.71. The van der Waals surface area contributed by atoms with Gasteiger partial charge in [0.05, 0.1) is 31.0 Å².